The Kier molecular flexibility index (Phi) is 4.16. The minimum atomic E-state index is -0.399. The molecule has 1 aromatic carbocycles. The average molecular weight is 379 g/mol. The van der Waals surface area contributed by atoms with Gasteiger partial charge in [-0.25, -0.2) is 9.78 Å². The van der Waals surface area contributed by atoms with Gasteiger partial charge in [-0.15, -0.1) is 11.3 Å². The smallest absolute Gasteiger partial charge is 0.332 e. The van der Waals surface area contributed by atoms with Crippen molar-refractivity contribution in [2.45, 2.75) is 0 Å². The van der Waals surface area contributed by atoms with Crippen LogP contribution in [0.15, 0.2) is 57.4 Å². The Labute approximate surface area is 158 Å². The van der Waals surface area contributed by atoms with Gasteiger partial charge >= 0.3 is 5.69 Å². The largest absolute Gasteiger partial charge is 0.497 e. The summed E-state index contributed by atoms with van der Waals surface area (Å²) in [7, 11) is 4.72. The first-order valence-corrected chi connectivity index (χ1v) is 9.18. The topological polar surface area (TPSA) is 66.1 Å². The lowest BCUT2D eigenvalue weighted by Crippen LogP contribution is -2.37. The molecular formula is C20H17N3O3S. The predicted molar refractivity (Wildman–Crippen MR) is 108 cm³/mol. The van der Waals surface area contributed by atoms with E-state index in [1.807, 2.05) is 47.8 Å². The quantitative estimate of drug-likeness (QED) is 0.549. The van der Waals surface area contributed by atoms with Gasteiger partial charge < -0.3 is 4.74 Å². The van der Waals surface area contributed by atoms with Gasteiger partial charge in [0, 0.05) is 19.7 Å². The summed E-state index contributed by atoms with van der Waals surface area (Å²) in [5, 5.41) is 2.39. The summed E-state index contributed by atoms with van der Waals surface area (Å²) in [5.74, 6) is 0.732. The number of benzene rings is 1. The Bertz CT molecular complexity index is 1250. The molecule has 0 saturated heterocycles. The number of pyridine rings is 1. The fraction of sp³-hybridized carbons (Fsp3) is 0.150. The monoisotopic (exact) mass is 379 g/mol. The van der Waals surface area contributed by atoms with E-state index in [1.54, 1.807) is 25.5 Å². The molecule has 0 aliphatic heterocycles. The molecular weight excluding hydrogens is 362 g/mol. The molecule has 0 atom stereocenters. The maximum absolute atomic E-state index is 12.9. The zero-order chi connectivity index (χ0) is 19.1. The second-order valence-electron chi connectivity index (χ2n) is 6.17. The van der Waals surface area contributed by atoms with Gasteiger partial charge in [-0.1, -0.05) is 18.2 Å². The summed E-state index contributed by atoms with van der Waals surface area (Å²) >= 11 is 1.56. The van der Waals surface area contributed by atoms with E-state index in [0.717, 1.165) is 32.0 Å². The lowest BCUT2D eigenvalue weighted by Gasteiger charge is -2.13. The minimum absolute atomic E-state index is 0.357. The minimum Gasteiger partial charge on any atom is -0.497 e. The number of aromatic nitrogens is 3. The number of methoxy groups -OCH3 is 1. The second kappa shape index (κ2) is 6.51. The molecule has 0 fully saturated rings. The average Bonchev–Trinajstić information content (AvgIpc) is 3.24. The first-order valence-electron chi connectivity index (χ1n) is 8.30. The van der Waals surface area contributed by atoms with Crippen LogP contribution >= 0.6 is 11.3 Å². The number of ether oxygens (including phenoxy) is 1. The van der Waals surface area contributed by atoms with Gasteiger partial charge in [-0.2, -0.15) is 0 Å². The third kappa shape index (κ3) is 2.76. The molecule has 0 bridgehead atoms. The Balaban J connectivity index is 2.14. The van der Waals surface area contributed by atoms with Gasteiger partial charge in [-0.3, -0.25) is 13.9 Å². The third-order valence-electron chi connectivity index (χ3n) is 4.59. The van der Waals surface area contributed by atoms with Crippen LogP contribution in [0.5, 0.6) is 5.75 Å². The van der Waals surface area contributed by atoms with Crippen molar-refractivity contribution in [3.8, 4) is 27.4 Å². The summed E-state index contributed by atoms with van der Waals surface area (Å²) in [6.45, 7) is 0. The maximum Gasteiger partial charge on any atom is 0.332 e. The molecule has 7 heteroatoms. The van der Waals surface area contributed by atoms with Crippen molar-refractivity contribution in [1.29, 1.82) is 0 Å². The Morgan fingerprint density at radius 2 is 1.78 bits per heavy atom. The summed E-state index contributed by atoms with van der Waals surface area (Å²) in [6.07, 6.45) is 0. The molecule has 27 heavy (non-hydrogen) atoms. The molecule has 0 radical (unpaired) electrons. The normalized spacial score (nSPS) is 11.1. The number of rotatable bonds is 3. The highest BCUT2D eigenvalue weighted by molar-refractivity contribution is 7.13. The first-order chi connectivity index (χ1) is 13.0. The highest BCUT2D eigenvalue weighted by Crippen LogP contribution is 2.32. The fourth-order valence-corrected chi connectivity index (χ4v) is 3.79. The van der Waals surface area contributed by atoms with Crippen LogP contribution in [-0.2, 0) is 14.1 Å². The summed E-state index contributed by atoms with van der Waals surface area (Å²) < 4.78 is 7.76. The molecule has 3 heterocycles. The standard InChI is InChI=1S/C20H17N3O3S/c1-22-18-17(19(24)23(2)20(22)25)14(12-6-8-13(26-3)9-7-12)11-15(21-18)16-5-4-10-27-16/h4-11H,1-3H3. The molecule has 4 rings (SSSR count). The zero-order valence-corrected chi connectivity index (χ0v) is 15.9. The van der Waals surface area contributed by atoms with E-state index in [4.69, 9.17) is 4.74 Å². The van der Waals surface area contributed by atoms with Gasteiger partial charge in [0.2, 0.25) is 0 Å². The molecule has 136 valence electrons. The van der Waals surface area contributed by atoms with Crippen molar-refractivity contribution in [3.63, 3.8) is 0 Å². The van der Waals surface area contributed by atoms with E-state index in [2.05, 4.69) is 4.98 Å². The van der Waals surface area contributed by atoms with Gasteiger partial charge in [0.25, 0.3) is 5.56 Å². The molecule has 0 aliphatic rings. The van der Waals surface area contributed by atoms with E-state index >= 15 is 0 Å². The molecule has 0 aliphatic carbocycles. The molecule has 0 N–H and O–H groups in total. The zero-order valence-electron chi connectivity index (χ0n) is 15.1. The van der Waals surface area contributed by atoms with Crippen molar-refractivity contribution in [3.05, 3.63) is 68.7 Å². The van der Waals surface area contributed by atoms with Gasteiger partial charge in [0.15, 0.2) is 5.65 Å². The Morgan fingerprint density at radius 3 is 2.41 bits per heavy atom. The number of aryl methyl sites for hydroxylation is 1. The maximum atomic E-state index is 12.9. The third-order valence-corrected chi connectivity index (χ3v) is 5.48. The lowest BCUT2D eigenvalue weighted by molar-refractivity contribution is 0.415. The molecule has 0 amide bonds. The summed E-state index contributed by atoms with van der Waals surface area (Å²) in [5.41, 5.74) is 1.94. The number of fused-ring (bicyclic) bond motifs is 1. The highest BCUT2D eigenvalue weighted by atomic mass is 32.1. The number of hydrogen-bond acceptors (Lipinski definition) is 5. The van der Waals surface area contributed by atoms with E-state index in [-0.39, 0.29) is 5.56 Å². The van der Waals surface area contributed by atoms with Crippen LogP contribution in [0, 0.1) is 0 Å². The van der Waals surface area contributed by atoms with Crippen LogP contribution < -0.4 is 16.0 Å². The van der Waals surface area contributed by atoms with E-state index < -0.39 is 5.69 Å². The molecule has 4 aromatic rings. The van der Waals surface area contributed by atoms with Crippen molar-refractivity contribution in [2.24, 2.45) is 14.1 Å². The van der Waals surface area contributed by atoms with Crippen LogP contribution in [-0.4, -0.2) is 21.2 Å². The number of hydrogen-bond donors (Lipinski definition) is 0. The van der Waals surface area contributed by atoms with E-state index in [9.17, 15) is 9.59 Å². The Morgan fingerprint density at radius 1 is 1.04 bits per heavy atom. The highest BCUT2D eigenvalue weighted by Gasteiger charge is 2.17. The number of nitrogens with zero attached hydrogens (tertiary/aromatic N) is 3. The van der Waals surface area contributed by atoms with Crippen LogP contribution in [0.3, 0.4) is 0 Å². The predicted octanol–water partition coefficient (Wildman–Crippen LogP) is 3.04. The molecule has 0 saturated carbocycles. The van der Waals surface area contributed by atoms with Gasteiger partial charge in [0.1, 0.15) is 5.75 Å². The summed E-state index contributed by atoms with van der Waals surface area (Å²) in [4.78, 5) is 30.9. The van der Waals surface area contributed by atoms with Crippen LogP contribution in [0.2, 0.25) is 0 Å². The van der Waals surface area contributed by atoms with E-state index in [1.165, 1.54) is 11.6 Å². The first kappa shape index (κ1) is 17.2. The van der Waals surface area contributed by atoms with Crippen LogP contribution in [0.1, 0.15) is 0 Å². The molecule has 3 aromatic heterocycles. The van der Waals surface area contributed by atoms with Crippen molar-refractivity contribution in [2.75, 3.05) is 7.11 Å². The fourth-order valence-electron chi connectivity index (χ4n) is 3.10. The summed E-state index contributed by atoms with van der Waals surface area (Å²) in [6, 6.07) is 13.3. The van der Waals surface area contributed by atoms with E-state index in [0.29, 0.717) is 11.0 Å². The molecule has 6 nitrogen and oxygen atoms in total. The van der Waals surface area contributed by atoms with Crippen LogP contribution in [0.25, 0.3) is 32.7 Å². The van der Waals surface area contributed by atoms with Gasteiger partial charge in [-0.05, 0) is 35.2 Å². The molecule has 0 spiro atoms. The van der Waals surface area contributed by atoms with Crippen molar-refractivity contribution in [1.82, 2.24) is 14.1 Å². The Hall–Kier alpha value is -3.19. The lowest BCUT2D eigenvalue weighted by atomic mass is 10.0. The SMILES string of the molecule is COc1ccc(-c2cc(-c3cccs3)nc3c2c(=O)n(C)c(=O)n3C)cc1. The molecule has 0 unspecified atom stereocenters. The van der Waals surface area contributed by atoms with Gasteiger partial charge in [0.05, 0.1) is 23.1 Å². The number of thiophene rings is 1. The second-order valence-corrected chi connectivity index (χ2v) is 7.11. The van der Waals surface area contributed by atoms with Crippen molar-refractivity contribution < 1.29 is 4.74 Å². The van der Waals surface area contributed by atoms with Crippen LogP contribution in [0.4, 0.5) is 0 Å². The van der Waals surface area contributed by atoms with Crippen molar-refractivity contribution >= 4 is 22.4 Å².